The van der Waals surface area contributed by atoms with Crippen LogP contribution in [0.5, 0.6) is 0 Å². The number of nitro benzene ring substituents is 1. The van der Waals surface area contributed by atoms with Crippen molar-refractivity contribution in [3.05, 3.63) is 85.7 Å². The van der Waals surface area contributed by atoms with Crippen molar-refractivity contribution in [1.29, 1.82) is 0 Å². The Morgan fingerprint density at radius 2 is 1.89 bits per heavy atom. The van der Waals surface area contributed by atoms with E-state index in [1.807, 2.05) is 0 Å². The van der Waals surface area contributed by atoms with E-state index in [4.69, 9.17) is 0 Å². The molecule has 2 N–H and O–H groups in total. The van der Waals surface area contributed by atoms with Gasteiger partial charge in [0.25, 0.3) is 5.69 Å². The third-order valence-corrected chi connectivity index (χ3v) is 4.25. The van der Waals surface area contributed by atoms with Gasteiger partial charge >= 0.3 is 5.97 Å². The number of non-ortho nitro benzene ring substituents is 1. The molecule has 138 valence electrons. The SMILES string of the molecule is O=C(O)c1cn(CCO)c2ccc(Cc3cccc([N+](=O)[O-])c3)cc2c1=O. The van der Waals surface area contributed by atoms with Crippen LogP contribution in [0.15, 0.2) is 53.5 Å². The summed E-state index contributed by atoms with van der Waals surface area (Å²) in [4.78, 5) is 34.3. The van der Waals surface area contributed by atoms with Crippen LogP contribution >= 0.6 is 0 Å². The summed E-state index contributed by atoms with van der Waals surface area (Å²) < 4.78 is 1.53. The Morgan fingerprint density at radius 1 is 1.15 bits per heavy atom. The molecule has 0 spiro atoms. The highest BCUT2D eigenvalue weighted by Gasteiger charge is 2.15. The van der Waals surface area contributed by atoms with Crippen molar-refractivity contribution in [3.63, 3.8) is 0 Å². The van der Waals surface area contributed by atoms with Crippen LogP contribution in [0.2, 0.25) is 0 Å². The number of carbonyl (C=O) groups is 1. The topological polar surface area (TPSA) is 123 Å². The highest BCUT2D eigenvalue weighted by molar-refractivity contribution is 5.92. The van der Waals surface area contributed by atoms with Gasteiger partial charge in [0.05, 0.1) is 17.0 Å². The van der Waals surface area contributed by atoms with E-state index in [1.54, 1.807) is 30.3 Å². The largest absolute Gasteiger partial charge is 0.477 e. The molecule has 8 nitrogen and oxygen atoms in total. The molecule has 0 aliphatic carbocycles. The normalized spacial score (nSPS) is 10.9. The van der Waals surface area contributed by atoms with Gasteiger partial charge in [0, 0.05) is 30.3 Å². The van der Waals surface area contributed by atoms with E-state index in [1.165, 1.54) is 22.9 Å². The lowest BCUT2D eigenvalue weighted by molar-refractivity contribution is -0.384. The minimum atomic E-state index is -1.34. The summed E-state index contributed by atoms with van der Waals surface area (Å²) in [6.45, 7) is -0.0479. The molecule has 0 saturated heterocycles. The molecule has 1 heterocycles. The Labute approximate surface area is 153 Å². The number of hydrogen-bond donors (Lipinski definition) is 2. The zero-order chi connectivity index (χ0) is 19.6. The minimum Gasteiger partial charge on any atom is -0.477 e. The van der Waals surface area contributed by atoms with Crippen molar-refractivity contribution < 1.29 is 19.9 Å². The molecule has 0 amide bonds. The first-order valence-electron chi connectivity index (χ1n) is 8.14. The first-order valence-corrected chi connectivity index (χ1v) is 8.14. The molecule has 27 heavy (non-hydrogen) atoms. The van der Waals surface area contributed by atoms with Crippen LogP contribution in [-0.2, 0) is 13.0 Å². The molecule has 3 aromatic rings. The number of carboxylic acids is 1. The first kappa shape index (κ1) is 18.3. The van der Waals surface area contributed by atoms with Crippen molar-refractivity contribution in [2.24, 2.45) is 0 Å². The number of aromatic nitrogens is 1. The molecular weight excluding hydrogens is 352 g/mol. The summed E-state index contributed by atoms with van der Waals surface area (Å²) in [6, 6.07) is 11.2. The van der Waals surface area contributed by atoms with Crippen LogP contribution in [0.1, 0.15) is 21.5 Å². The van der Waals surface area contributed by atoms with Gasteiger partial charge in [0.1, 0.15) is 5.56 Å². The quantitative estimate of drug-likeness (QED) is 0.508. The van der Waals surface area contributed by atoms with Crippen LogP contribution < -0.4 is 5.43 Å². The second-order valence-corrected chi connectivity index (χ2v) is 6.05. The maximum Gasteiger partial charge on any atom is 0.341 e. The van der Waals surface area contributed by atoms with E-state index in [9.17, 15) is 29.9 Å². The van der Waals surface area contributed by atoms with Crippen molar-refractivity contribution >= 4 is 22.6 Å². The van der Waals surface area contributed by atoms with E-state index in [-0.39, 0.29) is 29.8 Å². The van der Waals surface area contributed by atoms with Gasteiger partial charge in [-0.05, 0) is 29.7 Å². The molecule has 3 rings (SSSR count). The number of aliphatic hydroxyl groups excluding tert-OH is 1. The second kappa shape index (κ2) is 7.38. The predicted octanol–water partition coefficient (Wildman–Crippen LogP) is 2.19. The third kappa shape index (κ3) is 3.70. The second-order valence-electron chi connectivity index (χ2n) is 6.05. The fourth-order valence-corrected chi connectivity index (χ4v) is 3.02. The van der Waals surface area contributed by atoms with Crippen LogP contribution in [0.4, 0.5) is 5.69 Å². The van der Waals surface area contributed by atoms with Crippen LogP contribution in [0.25, 0.3) is 10.9 Å². The smallest absolute Gasteiger partial charge is 0.341 e. The van der Waals surface area contributed by atoms with Crippen molar-refractivity contribution in [2.45, 2.75) is 13.0 Å². The van der Waals surface area contributed by atoms with Crippen LogP contribution in [0, 0.1) is 10.1 Å². The molecule has 0 bridgehead atoms. The first-order chi connectivity index (χ1) is 12.9. The van der Waals surface area contributed by atoms with E-state index in [0.717, 1.165) is 5.56 Å². The average molecular weight is 368 g/mol. The molecule has 0 radical (unpaired) electrons. The van der Waals surface area contributed by atoms with Crippen molar-refractivity contribution in [2.75, 3.05) is 6.61 Å². The number of hydrogen-bond acceptors (Lipinski definition) is 5. The maximum absolute atomic E-state index is 12.5. The van der Waals surface area contributed by atoms with Gasteiger partial charge in [-0.1, -0.05) is 18.2 Å². The summed E-state index contributed by atoms with van der Waals surface area (Å²) in [5.41, 5.74) is 0.941. The van der Waals surface area contributed by atoms with Crippen LogP contribution in [0.3, 0.4) is 0 Å². The Bertz CT molecular complexity index is 1100. The molecule has 0 saturated carbocycles. The number of rotatable bonds is 6. The average Bonchev–Trinajstić information content (AvgIpc) is 2.64. The van der Waals surface area contributed by atoms with Gasteiger partial charge in [-0.25, -0.2) is 4.79 Å². The number of fused-ring (bicyclic) bond motifs is 1. The number of carboxylic acid groups (broad SMARTS) is 1. The van der Waals surface area contributed by atoms with Gasteiger partial charge in [-0.2, -0.15) is 0 Å². The number of benzene rings is 2. The summed E-state index contributed by atoms with van der Waals surface area (Å²) >= 11 is 0. The zero-order valence-electron chi connectivity index (χ0n) is 14.2. The van der Waals surface area contributed by atoms with Gasteiger partial charge in [0.2, 0.25) is 5.43 Å². The summed E-state index contributed by atoms with van der Waals surface area (Å²) in [7, 11) is 0. The standard InChI is InChI=1S/C19H16N2O6/c22-7-6-20-11-16(19(24)25)18(23)15-10-13(4-5-17(15)20)8-12-2-1-3-14(9-12)21(26)27/h1-5,9-11,22H,6-8H2,(H,24,25). The monoisotopic (exact) mass is 368 g/mol. The van der Waals surface area contributed by atoms with Gasteiger partial charge in [0.15, 0.2) is 0 Å². The molecule has 0 aliphatic rings. The van der Waals surface area contributed by atoms with Crippen LogP contribution in [-0.4, -0.2) is 32.3 Å². The molecular formula is C19H16N2O6. The third-order valence-electron chi connectivity index (χ3n) is 4.25. The van der Waals surface area contributed by atoms with Gasteiger partial charge in [-0.15, -0.1) is 0 Å². The number of aliphatic hydroxyl groups is 1. The van der Waals surface area contributed by atoms with Crippen molar-refractivity contribution in [1.82, 2.24) is 4.57 Å². The molecule has 0 fully saturated rings. The zero-order valence-corrected chi connectivity index (χ0v) is 14.2. The van der Waals surface area contributed by atoms with Crippen molar-refractivity contribution in [3.8, 4) is 0 Å². The minimum absolute atomic E-state index is 0.0215. The Kier molecular flexibility index (Phi) is 5.00. The number of nitrogens with zero attached hydrogens (tertiary/aromatic N) is 2. The number of nitro groups is 1. The molecule has 1 aromatic heterocycles. The molecule has 0 atom stereocenters. The van der Waals surface area contributed by atoms with Gasteiger partial charge in [-0.3, -0.25) is 14.9 Å². The van der Waals surface area contributed by atoms with E-state index < -0.39 is 16.3 Å². The summed E-state index contributed by atoms with van der Waals surface area (Å²) in [5, 5.41) is 29.6. The highest BCUT2D eigenvalue weighted by Crippen LogP contribution is 2.20. The molecule has 2 aromatic carbocycles. The fourth-order valence-electron chi connectivity index (χ4n) is 3.02. The maximum atomic E-state index is 12.5. The molecule has 0 unspecified atom stereocenters. The molecule has 0 aliphatic heterocycles. The lowest BCUT2D eigenvalue weighted by atomic mass is 10.0. The Morgan fingerprint density at radius 3 is 2.56 bits per heavy atom. The van der Waals surface area contributed by atoms with E-state index in [2.05, 4.69) is 0 Å². The van der Waals surface area contributed by atoms with E-state index in [0.29, 0.717) is 17.5 Å². The van der Waals surface area contributed by atoms with E-state index >= 15 is 0 Å². The highest BCUT2D eigenvalue weighted by atomic mass is 16.6. The predicted molar refractivity (Wildman–Crippen MR) is 98.2 cm³/mol. The Balaban J connectivity index is 2.10. The lowest BCUT2D eigenvalue weighted by Crippen LogP contribution is -2.19. The Hall–Kier alpha value is -3.52. The number of aromatic carboxylic acids is 1. The summed E-state index contributed by atoms with van der Waals surface area (Å²) in [6.07, 6.45) is 1.58. The van der Waals surface area contributed by atoms with Gasteiger partial charge < -0.3 is 14.8 Å². The number of pyridine rings is 1. The fraction of sp³-hybridized carbons (Fsp3) is 0.158. The molecule has 8 heteroatoms. The summed E-state index contributed by atoms with van der Waals surface area (Å²) in [5.74, 6) is -1.34. The lowest BCUT2D eigenvalue weighted by Gasteiger charge is -2.12.